The Morgan fingerprint density at radius 1 is 1.04 bits per heavy atom. The number of carboxylic acids is 1. The molecule has 0 spiro atoms. The normalized spacial score (nSPS) is 28.6. The van der Waals surface area contributed by atoms with Crippen molar-refractivity contribution >= 4 is 5.97 Å². The monoisotopic (exact) mass is 319 g/mol. The molecule has 0 radical (unpaired) electrons. The minimum Gasteiger partial charge on any atom is -0.481 e. The summed E-state index contributed by atoms with van der Waals surface area (Å²) < 4.78 is 0. The third kappa shape index (κ3) is 1.73. The first-order chi connectivity index (χ1) is 11.7. The van der Waals surface area contributed by atoms with Crippen molar-refractivity contribution in [3.63, 3.8) is 0 Å². The molecule has 2 aromatic carbocycles. The summed E-state index contributed by atoms with van der Waals surface area (Å²) >= 11 is 0. The van der Waals surface area contributed by atoms with Gasteiger partial charge in [-0.05, 0) is 41.0 Å². The Morgan fingerprint density at radius 2 is 1.67 bits per heavy atom. The van der Waals surface area contributed by atoms with Gasteiger partial charge in [0.2, 0.25) is 0 Å². The van der Waals surface area contributed by atoms with Crippen LogP contribution in [-0.2, 0) is 4.79 Å². The van der Waals surface area contributed by atoms with Gasteiger partial charge in [-0.25, -0.2) is 0 Å². The molecule has 0 unspecified atom stereocenters. The van der Waals surface area contributed by atoms with Gasteiger partial charge in [0, 0.05) is 13.1 Å². The first-order valence-electron chi connectivity index (χ1n) is 8.86. The largest absolute Gasteiger partial charge is 0.481 e. The van der Waals surface area contributed by atoms with Crippen LogP contribution in [-0.4, -0.2) is 29.1 Å². The highest BCUT2D eigenvalue weighted by Gasteiger charge is 2.56. The van der Waals surface area contributed by atoms with Crippen molar-refractivity contribution in [3.05, 3.63) is 59.7 Å². The average Bonchev–Trinajstić information content (AvgIpc) is 3.23. The molecule has 3 nitrogen and oxygen atoms in total. The van der Waals surface area contributed by atoms with E-state index >= 15 is 0 Å². The molecule has 2 aromatic rings. The maximum Gasteiger partial charge on any atom is 0.311 e. The number of nitrogens with zero attached hydrogens (tertiary/aromatic N) is 1. The Bertz CT molecular complexity index is 785. The van der Waals surface area contributed by atoms with Gasteiger partial charge < -0.3 is 5.11 Å². The van der Waals surface area contributed by atoms with Crippen LogP contribution in [0, 0.1) is 11.3 Å². The lowest BCUT2D eigenvalue weighted by Crippen LogP contribution is -2.36. The van der Waals surface area contributed by atoms with Crippen molar-refractivity contribution in [3.8, 4) is 11.1 Å². The lowest BCUT2D eigenvalue weighted by atomic mass is 9.81. The van der Waals surface area contributed by atoms with Gasteiger partial charge in [0.15, 0.2) is 0 Å². The molecule has 1 heterocycles. The van der Waals surface area contributed by atoms with E-state index in [4.69, 9.17) is 0 Å². The molecule has 1 aliphatic heterocycles. The van der Waals surface area contributed by atoms with E-state index in [2.05, 4.69) is 53.4 Å². The standard InChI is InChI=1S/C21H21NO2/c23-20(24)21-11-5-6-14(21)12-22(13-21)19-17-9-3-1-7-15(17)16-8-2-4-10-18(16)19/h1-4,7-10,14,19H,5-6,11-13H2,(H,23,24)/t14-,21+/m0/s1. The van der Waals surface area contributed by atoms with Crippen molar-refractivity contribution in [1.29, 1.82) is 0 Å². The van der Waals surface area contributed by atoms with Gasteiger partial charge in [-0.2, -0.15) is 0 Å². The fourth-order valence-electron chi connectivity index (χ4n) is 5.40. The zero-order valence-corrected chi connectivity index (χ0v) is 13.6. The van der Waals surface area contributed by atoms with Gasteiger partial charge in [-0.15, -0.1) is 0 Å². The molecule has 24 heavy (non-hydrogen) atoms. The molecule has 1 saturated carbocycles. The first kappa shape index (κ1) is 14.2. The van der Waals surface area contributed by atoms with E-state index in [1.165, 1.54) is 22.3 Å². The first-order valence-corrected chi connectivity index (χ1v) is 8.86. The van der Waals surface area contributed by atoms with Crippen LogP contribution in [0.5, 0.6) is 0 Å². The van der Waals surface area contributed by atoms with E-state index in [9.17, 15) is 9.90 Å². The molecule has 2 fully saturated rings. The second kappa shape index (κ2) is 4.93. The van der Waals surface area contributed by atoms with E-state index in [0.717, 1.165) is 25.8 Å². The van der Waals surface area contributed by atoms with Crippen molar-refractivity contribution in [1.82, 2.24) is 4.90 Å². The summed E-state index contributed by atoms with van der Waals surface area (Å²) in [6.45, 7) is 1.58. The van der Waals surface area contributed by atoms with Crippen LogP contribution in [0.4, 0.5) is 0 Å². The Hall–Kier alpha value is -2.13. The molecular weight excluding hydrogens is 298 g/mol. The number of benzene rings is 2. The second-order valence-corrected chi connectivity index (χ2v) is 7.56. The highest BCUT2D eigenvalue weighted by Crippen LogP contribution is 2.54. The zero-order chi connectivity index (χ0) is 16.3. The van der Waals surface area contributed by atoms with Crippen LogP contribution in [0.15, 0.2) is 48.5 Å². The van der Waals surface area contributed by atoms with Gasteiger partial charge in [0.05, 0.1) is 11.5 Å². The summed E-state index contributed by atoms with van der Waals surface area (Å²) in [7, 11) is 0. The fraction of sp³-hybridized carbons (Fsp3) is 0.381. The van der Waals surface area contributed by atoms with Crippen molar-refractivity contribution in [2.75, 3.05) is 13.1 Å². The molecule has 0 aromatic heterocycles. The molecule has 1 saturated heterocycles. The molecule has 122 valence electrons. The third-order valence-electron chi connectivity index (χ3n) is 6.49. The minimum absolute atomic E-state index is 0.208. The second-order valence-electron chi connectivity index (χ2n) is 7.56. The summed E-state index contributed by atoms with van der Waals surface area (Å²) in [5, 5.41) is 9.90. The summed E-state index contributed by atoms with van der Waals surface area (Å²) in [5.41, 5.74) is 4.75. The molecule has 3 heteroatoms. The summed E-state index contributed by atoms with van der Waals surface area (Å²) in [6, 6.07) is 17.4. The molecule has 5 rings (SSSR count). The number of likely N-dealkylation sites (tertiary alicyclic amines) is 1. The number of carbonyl (C=O) groups is 1. The number of carboxylic acid groups (broad SMARTS) is 1. The van der Waals surface area contributed by atoms with Crippen molar-refractivity contribution in [2.24, 2.45) is 11.3 Å². The maximum absolute atomic E-state index is 12.0. The third-order valence-corrected chi connectivity index (χ3v) is 6.49. The predicted molar refractivity (Wildman–Crippen MR) is 92.7 cm³/mol. The summed E-state index contributed by atoms with van der Waals surface area (Å²) in [6.07, 6.45) is 2.95. The van der Waals surface area contributed by atoms with Crippen LogP contribution >= 0.6 is 0 Å². The number of hydrogen-bond donors (Lipinski definition) is 1. The highest BCUT2D eigenvalue weighted by molar-refractivity contribution is 5.79. The van der Waals surface area contributed by atoms with Crippen LogP contribution in [0.2, 0.25) is 0 Å². The van der Waals surface area contributed by atoms with Gasteiger partial charge >= 0.3 is 5.97 Å². The minimum atomic E-state index is -0.591. The fourth-order valence-corrected chi connectivity index (χ4v) is 5.40. The molecule has 3 aliphatic rings. The maximum atomic E-state index is 12.0. The Kier molecular flexibility index (Phi) is 2.93. The zero-order valence-electron chi connectivity index (χ0n) is 13.6. The van der Waals surface area contributed by atoms with Crippen molar-refractivity contribution < 1.29 is 9.90 Å². The van der Waals surface area contributed by atoms with Gasteiger partial charge in [0.25, 0.3) is 0 Å². The number of hydrogen-bond acceptors (Lipinski definition) is 2. The SMILES string of the molecule is O=C(O)[C@@]12CCC[C@H]1CN(C1c3ccccc3-c3ccccc31)C2. The van der Waals surface area contributed by atoms with Crippen LogP contribution in [0.1, 0.15) is 36.4 Å². The van der Waals surface area contributed by atoms with Crippen LogP contribution in [0.25, 0.3) is 11.1 Å². The average molecular weight is 319 g/mol. The Balaban J connectivity index is 1.60. The molecule has 0 amide bonds. The lowest BCUT2D eigenvalue weighted by Gasteiger charge is -2.28. The van der Waals surface area contributed by atoms with E-state index in [1.54, 1.807) is 0 Å². The number of fused-ring (bicyclic) bond motifs is 4. The summed E-state index contributed by atoms with van der Waals surface area (Å²) in [4.78, 5) is 14.5. The lowest BCUT2D eigenvalue weighted by molar-refractivity contribution is -0.149. The smallest absolute Gasteiger partial charge is 0.311 e. The quantitative estimate of drug-likeness (QED) is 0.911. The molecule has 0 bridgehead atoms. The predicted octanol–water partition coefficient (Wildman–Crippen LogP) is 3.94. The van der Waals surface area contributed by atoms with E-state index in [-0.39, 0.29) is 6.04 Å². The van der Waals surface area contributed by atoms with Gasteiger partial charge in [-0.3, -0.25) is 9.69 Å². The number of aliphatic carboxylic acids is 1. The topological polar surface area (TPSA) is 40.5 Å². The molecule has 1 N–H and O–H groups in total. The molecule has 2 aliphatic carbocycles. The van der Waals surface area contributed by atoms with Crippen LogP contribution < -0.4 is 0 Å². The van der Waals surface area contributed by atoms with Crippen LogP contribution in [0.3, 0.4) is 0 Å². The van der Waals surface area contributed by atoms with E-state index in [0.29, 0.717) is 12.5 Å². The molecular formula is C21H21NO2. The van der Waals surface area contributed by atoms with Gasteiger partial charge in [0.1, 0.15) is 0 Å². The number of rotatable bonds is 2. The Morgan fingerprint density at radius 3 is 2.25 bits per heavy atom. The summed E-state index contributed by atoms with van der Waals surface area (Å²) in [5.74, 6) is -0.290. The highest BCUT2D eigenvalue weighted by atomic mass is 16.4. The molecule has 2 atom stereocenters. The van der Waals surface area contributed by atoms with E-state index in [1.807, 2.05) is 0 Å². The Labute approximate surface area is 141 Å². The van der Waals surface area contributed by atoms with E-state index < -0.39 is 11.4 Å². The van der Waals surface area contributed by atoms with Gasteiger partial charge in [-0.1, -0.05) is 55.0 Å². The van der Waals surface area contributed by atoms with Crippen molar-refractivity contribution in [2.45, 2.75) is 25.3 Å².